The van der Waals surface area contributed by atoms with Crippen molar-refractivity contribution >= 4 is 11.6 Å². The van der Waals surface area contributed by atoms with E-state index >= 15 is 0 Å². The summed E-state index contributed by atoms with van der Waals surface area (Å²) in [5, 5.41) is 14.4. The van der Waals surface area contributed by atoms with Gasteiger partial charge in [-0.2, -0.15) is 5.10 Å². The summed E-state index contributed by atoms with van der Waals surface area (Å²) in [6, 6.07) is 0.0920. The second-order valence-corrected chi connectivity index (χ2v) is 5.57. The summed E-state index contributed by atoms with van der Waals surface area (Å²) in [7, 11) is 0. The highest BCUT2D eigenvalue weighted by atomic mass is 16.6. The van der Waals surface area contributed by atoms with Gasteiger partial charge in [-0.3, -0.25) is 19.6 Å². The number of aromatic nitrogens is 2. The number of amides is 1. The van der Waals surface area contributed by atoms with E-state index in [1.807, 2.05) is 11.8 Å². The Morgan fingerprint density at radius 2 is 2.43 bits per heavy atom. The summed E-state index contributed by atoms with van der Waals surface area (Å²) >= 11 is 0. The van der Waals surface area contributed by atoms with E-state index in [2.05, 4.69) is 5.10 Å². The van der Waals surface area contributed by atoms with Crippen molar-refractivity contribution in [2.45, 2.75) is 38.8 Å². The molecular formula is C13H21N5O3. The quantitative estimate of drug-likeness (QED) is 0.637. The van der Waals surface area contributed by atoms with Crippen LogP contribution in [0.3, 0.4) is 0 Å². The van der Waals surface area contributed by atoms with Crippen LogP contribution in [0.1, 0.15) is 26.2 Å². The molecule has 1 aromatic heterocycles. The van der Waals surface area contributed by atoms with E-state index in [9.17, 15) is 14.9 Å². The zero-order valence-corrected chi connectivity index (χ0v) is 12.1. The minimum atomic E-state index is -0.497. The van der Waals surface area contributed by atoms with E-state index in [0.717, 1.165) is 19.4 Å². The van der Waals surface area contributed by atoms with Crippen molar-refractivity contribution in [1.82, 2.24) is 14.7 Å². The van der Waals surface area contributed by atoms with Crippen LogP contribution in [0.4, 0.5) is 5.69 Å². The second kappa shape index (κ2) is 6.66. The Morgan fingerprint density at radius 3 is 3.05 bits per heavy atom. The Labute approximate surface area is 123 Å². The highest BCUT2D eigenvalue weighted by molar-refractivity contribution is 5.76. The van der Waals surface area contributed by atoms with Gasteiger partial charge in [0.05, 0.1) is 4.92 Å². The van der Waals surface area contributed by atoms with E-state index in [1.54, 1.807) is 0 Å². The van der Waals surface area contributed by atoms with E-state index in [0.29, 0.717) is 25.4 Å². The highest BCUT2D eigenvalue weighted by Crippen LogP contribution is 2.19. The fourth-order valence-corrected chi connectivity index (χ4v) is 2.60. The first kappa shape index (κ1) is 15.4. The Bertz CT molecular complexity index is 514. The van der Waals surface area contributed by atoms with Gasteiger partial charge in [0.1, 0.15) is 12.4 Å². The van der Waals surface area contributed by atoms with Crippen molar-refractivity contribution in [3.8, 4) is 0 Å². The summed E-state index contributed by atoms with van der Waals surface area (Å²) in [5.74, 6) is 0.409. The smallest absolute Gasteiger partial charge is 0.306 e. The minimum Gasteiger partial charge on any atom is -0.342 e. The topological polar surface area (TPSA) is 107 Å². The maximum absolute atomic E-state index is 12.2. The van der Waals surface area contributed by atoms with Crippen molar-refractivity contribution in [3.05, 3.63) is 22.5 Å². The summed E-state index contributed by atoms with van der Waals surface area (Å²) in [6.45, 7) is 3.80. The third-order valence-electron chi connectivity index (χ3n) is 3.94. The summed E-state index contributed by atoms with van der Waals surface area (Å²) in [6.07, 6.45) is 4.87. The van der Waals surface area contributed by atoms with Crippen LogP contribution in [0, 0.1) is 16.0 Å². The van der Waals surface area contributed by atoms with Crippen LogP contribution >= 0.6 is 0 Å². The number of likely N-dealkylation sites (tertiary alicyclic amines) is 1. The Balaban J connectivity index is 1.84. The molecule has 1 aromatic rings. The van der Waals surface area contributed by atoms with E-state index in [4.69, 9.17) is 5.73 Å². The normalized spacial score (nSPS) is 20.3. The lowest BCUT2D eigenvalue weighted by Gasteiger charge is -2.34. The number of hydrogen-bond acceptors (Lipinski definition) is 5. The predicted octanol–water partition coefficient (Wildman–Crippen LogP) is 0.767. The lowest BCUT2D eigenvalue weighted by atomic mass is 9.92. The molecule has 1 amide bonds. The molecule has 1 saturated heterocycles. The molecule has 2 heterocycles. The van der Waals surface area contributed by atoms with Crippen molar-refractivity contribution < 1.29 is 9.72 Å². The van der Waals surface area contributed by atoms with Crippen molar-refractivity contribution in [2.24, 2.45) is 11.7 Å². The van der Waals surface area contributed by atoms with E-state index < -0.39 is 4.92 Å². The van der Waals surface area contributed by atoms with Crippen LogP contribution in [-0.4, -0.2) is 44.6 Å². The number of rotatable bonds is 5. The maximum Gasteiger partial charge on any atom is 0.306 e. The standard InChI is InChI=1S/C13H21N5O3/c1-10(14)11-3-2-5-16(8-11)13(19)4-6-17-9-12(7-15-17)18(20)21/h7,9-11H,2-6,8,14H2,1H3. The monoisotopic (exact) mass is 295 g/mol. The number of aryl methyl sites for hydroxylation is 1. The zero-order chi connectivity index (χ0) is 15.4. The van der Waals surface area contributed by atoms with Gasteiger partial charge in [0.15, 0.2) is 0 Å². The fraction of sp³-hybridized carbons (Fsp3) is 0.692. The molecule has 116 valence electrons. The molecule has 2 N–H and O–H groups in total. The number of nitro groups is 1. The van der Waals surface area contributed by atoms with Crippen LogP contribution in [-0.2, 0) is 11.3 Å². The van der Waals surface area contributed by atoms with Crippen molar-refractivity contribution in [1.29, 1.82) is 0 Å². The number of piperidine rings is 1. The SMILES string of the molecule is CC(N)C1CCCN(C(=O)CCn2cc([N+](=O)[O-])cn2)C1. The average Bonchev–Trinajstić information content (AvgIpc) is 2.94. The number of carbonyl (C=O) groups is 1. The van der Waals surface area contributed by atoms with Crippen molar-refractivity contribution in [3.63, 3.8) is 0 Å². The molecule has 0 spiro atoms. The van der Waals surface area contributed by atoms with Gasteiger partial charge in [-0.15, -0.1) is 0 Å². The molecule has 2 atom stereocenters. The molecule has 21 heavy (non-hydrogen) atoms. The molecule has 8 heteroatoms. The first-order valence-electron chi connectivity index (χ1n) is 7.17. The molecule has 0 saturated carbocycles. The van der Waals surface area contributed by atoms with Gasteiger partial charge in [0, 0.05) is 32.1 Å². The fourth-order valence-electron chi connectivity index (χ4n) is 2.60. The van der Waals surface area contributed by atoms with Crippen LogP contribution in [0.2, 0.25) is 0 Å². The second-order valence-electron chi connectivity index (χ2n) is 5.57. The van der Waals surface area contributed by atoms with Crippen molar-refractivity contribution in [2.75, 3.05) is 13.1 Å². The van der Waals surface area contributed by atoms with Gasteiger partial charge in [-0.05, 0) is 25.7 Å². The summed E-state index contributed by atoms with van der Waals surface area (Å²) in [4.78, 5) is 24.1. The molecule has 2 rings (SSSR count). The van der Waals surface area contributed by atoms with Gasteiger partial charge in [-0.1, -0.05) is 0 Å². The van der Waals surface area contributed by atoms with Gasteiger partial charge in [-0.25, -0.2) is 0 Å². The number of nitrogens with zero attached hydrogens (tertiary/aromatic N) is 4. The first-order chi connectivity index (χ1) is 9.97. The molecule has 0 radical (unpaired) electrons. The lowest BCUT2D eigenvalue weighted by Crippen LogP contribution is -2.45. The van der Waals surface area contributed by atoms with Crippen LogP contribution in [0.25, 0.3) is 0 Å². The molecule has 1 aliphatic heterocycles. The molecule has 1 fully saturated rings. The number of nitrogens with two attached hydrogens (primary N) is 1. The molecule has 0 aromatic carbocycles. The average molecular weight is 295 g/mol. The maximum atomic E-state index is 12.2. The predicted molar refractivity (Wildman–Crippen MR) is 76.5 cm³/mol. The summed E-state index contributed by atoms with van der Waals surface area (Å²) < 4.78 is 1.43. The zero-order valence-electron chi connectivity index (χ0n) is 12.1. The van der Waals surface area contributed by atoms with Crippen LogP contribution in [0.15, 0.2) is 12.4 Å². The van der Waals surface area contributed by atoms with E-state index in [-0.39, 0.29) is 17.6 Å². The Morgan fingerprint density at radius 1 is 1.67 bits per heavy atom. The molecular weight excluding hydrogens is 274 g/mol. The van der Waals surface area contributed by atoms with Gasteiger partial charge in [0.2, 0.25) is 5.91 Å². The largest absolute Gasteiger partial charge is 0.342 e. The van der Waals surface area contributed by atoms with E-state index in [1.165, 1.54) is 17.1 Å². The molecule has 1 aliphatic rings. The van der Waals surface area contributed by atoms with Gasteiger partial charge >= 0.3 is 5.69 Å². The van der Waals surface area contributed by atoms with Crippen LogP contribution < -0.4 is 5.73 Å². The third kappa shape index (κ3) is 4.01. The first-order valence-corrected chi connectivity index (χ1v) is 7.17. The Kier molecular flexibility index (Phi) is 4.89. The highest BCUT2D eigenvalue weighted by Gasteiger charge is 2.25. The Hall–Kier alpha value is -1.96. The summed E-state index contributed by atoms with van der Waals surface area (Å²) in [5.41, 5.74) is 5.85. The molecule has 8 nitrogen and oxygen atoms in total. The molecule has 0 aliphatic carbocycles. The number of hydrogen-bond donors (Lipinski definition) is 1. The van der Waals surface area contributed by atoms with Crippen LogP contribution in [0.5, 0.6) is 0 Å². The molecule has 0 bridgehead atoms. The van der Waals surface area contributed by atoms with Gasteiger partial charge in [0.25, 0.3) is 0 Å². The molecule has 2 unspecified atom stereocenters. The minimum absolute atomic E-state index is 0.0542. The number of carbonyl (C=O) groups excluding carboxylic acids is 1. The third-order valence-corrected chi connectivity index (χ3v) is 3.94. The lowest BCUT2D eigenvalue weighted by molar-refractivity contribution is -0.385. The van der Waals surface area contributed by atoms with Gasteiger partial charge < -0.3 is 10.6 Å².